The summed E-state index contributed by atoms with van der Waals surface area (Å²) < 4.78 is 0. The van der Waals surface area contributed by atoms with Crippen molar-refractivity contribution in [2.24, 2.45) is 5.92 Å². The summed E-state index contributed by atoms with van der Waals surface area (Å²) in [6, 6.07) is 6.14. The van der Waals surface area contributed by atoms with Gasteiger partial charge in [-0.25, -0.2) is 0 Å². The highest BCUT2D eigenvalue weighted by atomic mass is 35.5. The number of rotatable bonds is 6. The Morgan fingerprint density at radius 2 is 1.81 bits per heavy atom. The highest BCUT2D eigenvalue weighted by Gasteiger charge is 2.34. The van der Waals surface area contributed by atoms with Crippen LogP contribution in [-0.4, -0.2) is 47.8 Å². The van der Waals surface area contributed by atoms with Crippen LogP contribution in [-0.2, 0) is 9.59 Å². The molecule has 3 amide bonds. The molecule has 1 heterocycles. The minimum Gasteiger partial charge on any atom is -0.352 e. The Kier molecular flexibility index (Phi) is 7.66. The molecular formula is C20H28ClN3O3. The van der Waals surface area contributed by atoms with Crippen molar-refractivity contribution in [1.29, 1.82) is 0 Å². The topological polar surface area (TPSA) is 78.5 Å². The first-order valence-corrected chi connectivity index (χ1v) is 9.82. The first-order chi connectivity index (χ1) is 12.8. The number of nitrogens with one attached hydrogen (secondary N) is 2. The van der Waals surface area contributed by atoms with Crippen LogP contribution in [0.3, 0.4) is 0 Å². The summed E-state index contributed by atoms with van der Waals surface area (Å²) in [6.07, 6.45) is 2.14. The fraction of sp³-hybridized carbons (Fsp3) is 0.550. The Morgan fingerprint density at radius 3 is 2.37 bits per heavy atom. The summed E-state index contributed by atoms with van der Waals surface area (Å²) in [4.78, 5) is 38.9. The van der Waals surface area contributed by atoms with Gasteiger partial charge in [-0.2, -0.15) is 0 Å². The molecule has 1 aromatic rings. The molecule has 2 N–H and O–H groups in total. The van der Waals surface area contributed by atoms with Crippen LogP contribution in [0.5, 0.6) is 0 Å². The normalized spacial score (nSPS) is 17.1. The predicted molar refractivity (Wildman–Crippen MR) is 106 cm³/mol. The number of hydrogen-bond acceptors (Lipinski definition) is 3. The molecule has 0 aliphatic carbocycles. The van der Waals surface area contributed by atoms with E-state index in [0.29, 0.717) is 36.5 Å². The lowest BCUT2D eigenvalue weighted by molar-refractivity contribution is -0.130. The molecule has 2 rings (SSSR count). The van der Waals surface area contributed by atoms with E-state index in [1.807, 2.05) is 13.8 Å². The van der Waals surface area contributed by atoms with Gasteiger partial charge < -0.3 is 15.5 Å². The minimum absolute atomic E-state index is 0.0227. The molecule has 0 unspecified atom stereocenters. The van der Waals surface area contributed by atoms with Crippen LogP contribution >= 0.6 is 11.6 Å². The fourth-order valence-corrected chi connectivity index (χ4v) is 3.47. The maximum absolute atomic E-state index is 12.8. The van der Waals surface area contributed by atoms with Gasteiger partial charge in [0.15, 0.2) is 0 Å². The van der Waals surface area contributed by atoms with Crippen LogP contribution in [0.2, 0.25) is 5.02 Å². The van der Waals surface area contributed by atoms with E-state index >= 15 is 0 Å². The summed E-state index contributed by atoms with van der Waals surface area (Å²) in [7, 11) is 0. The lowest BCUT2D eigenvalue weighted by Crippen LogP contribution is -2.55. The Hall–Kier alpha value is -2.08. The Labute approximate surface area is 165 Å². The maximum atomic E-state index is 12.8. The van der Waals surface area contributed by atoms with Crippen molar-refractivity contribution in [2.45, 2.75) is 52.1 Å². The summed E-state index contributed by atoms with van der Waals surface area (Å²) >= 11 is 6.12. The van der Waals surface area contributed by atoms with Crippen LogP contribution in [0.25, 0.3) is 0 Å². The molecule has 1 aliphatic heterocycles. The molecule has 2 atom stereocenters. The third-order valence-corrected chi connectivity index (χ3v) is 5.47. The molecule has 1 fully saturated rings. The fourth-order valence-electron chi connectivity index (χ4n) is 3.24. The third-order valence-electron chi connectivity index (χ3n) is 5.14. The van der Waals surface area contributed by atoms with Crippen LogP contribution in [0.1, 0.15) is 50.4 Å². The maximum Gasteiger partial charge on any atom is 0.253 e. The van der Waals surface area contributed by atoms with Crippen molar-refractivity contribution in [3.63, 3.8) is 0 Å². The van der Waals surface area contributed by atoms with Gasteiger partial charge in [0, 0.05) is 26.1 Å². The predicted octanol–water partition coefficient (Wildman–Crippen LogP) is 2.61. The number of piperidine rings is 1. The van der Waals surface area contributed by atoms with Gasteiger partial charge in [-0.3, -0.25) is 14.4 Å². The largest absolute Gasteiger partial charge is 0.352 e. The Morgan fingerprint density at radius 1 is 1.19 bits per heavy atom. The molecule has 6 nitrogen and oxygen atoms in total. The first-order valence-electron chi connectivity index (χ1n) is 9.44. The minimum atomic E-state index is -0.656. The molecule has 0 bridgehead atoms. The van der Waals surface area contributed by atoms with Crippen molar-refractivity contribution in [3.8, 4) is 0 Å². The molecule has 7 heteroatoms. The van der Waals surface area contributed by atoms with Crippen LogP contribution in [0.15, 0.2) is 24.3 Å². The Balaban J connectivity index is 2.15. The van der Waals surface area contributed by atoms with Gasteiger partial charge in [-0.1, -0.05) is 30.7 Å². The van der Waals surface area contributed by atoms with Gasteiger partial charge in [0.05, 0.1) is 10.6 Å². The standard InChI is InChI=1S/C20H28ClN3O3/c1-4-13(2)22-20(27)18(15-9-11-24(12-10-15)14(3)25)23-19(26)16-7-5-6-8-17(16)21/h5-8,13,15,18H,4,9-12H2,1-3H3,(H,22,27)(H,23,26)/t13-,18+/m0/s1. The van der Waals surface area contributed by atoms with Gasteiger partial charge in [-0.15, -0.1) is 0 Å². The van der Waals surface area contributed by atoms with Gasteiger partial charge >= 0.3 is 0 Å². The number of benzene rings is 1. The number of halogens is 1. The molecule has 1 aromatic carbocycles. The molecule has 0 radical (unpaired) electrons. The van der Waals surface area contributed by atoms with E-state index in [0.717, 1.165) is 6.42 Å². The van der Waals surface area contributed by atoms with Gasteiger partial charge in [0.2, 0.25) is 11.8 Å². The Bertz CT molecular complexity index is 687. The van der Waals surface area contributed by atoms with Gasteiger partial charge in [0.1, 0.15) is 6.04 Å². The molecule has 0 spiro atoms. The van der Waals surface area contributed by atoms with Crippen molar-refractivity contribution < 1.29 is 14.4 Å². The molecule has 27 heavy (non-hydrogen) atoms. The molecule has 148 valence electrons. The van der Waals surface area contributed by atoms with Gasteiger partial charge in [-0.05, 0) is 44.2 Å². The lowest BCUT2D eigenvalue weighted by Gasteiger charge is -2.35. The van der Waals surface area contributed by atoms with E-state index in [-0.39, 0.29) is 29.7 Å². The molecular weight excluding hydrogens is 366 g/mol. The second-order valence-corrected chi connectivity index (χ2v) is 7.50. The lowest BCUT2D eigenvalue weighted by atomic mass is 9.88. The van der Waals surface area contributed by atoms with Crippen molar-refractivity contribution >= 4 is 29.3 Å². The van der Waals surface area contributed by atoms with Crippen LogP contribution in [0, 0.1) is 5.92 Å². The van der Waals surface area contributed by atoms with Crippen molar-refractivity contribution in [1.82, 2.24) is 15.5 Å². The van der Waals surface area contributed by atoms with E-state index in [1.165, 1.54) is 0 Å². The van der Waals surface area contributed by atoms with E-state index in [1.54, 1.807) is 36.1 Å². The summed E-state index contributed by atoms with van der Waals surface area (Å²) in [6.45, 7) is 6.66. The second-order valence-electron chi connectivity index (χ2n) is 7.09. The van der Waals surface area contributed by atoms with E-state index in [9.17, 15) is 14.4 Å². The zero-order chi connectivity index (χ0) is 20.0. The summed E-state index contributed by atoms with van der Waals surface area (Å²) in [5, 5.41) is 6.19. The average Bonchev–Trinajstić information content (AvgIpc) is 2.66. The first kappa shape index (κ1) is 21.2. The van der Waals surface area contributed by atoms with Crippen molar-refractivity contribution in [2.75, 3.05) is 13.1 Å². The van der Waals surface area contributed by atoms with Gasteiger partial charge in [0.25, 0.3) is 5.91 Å². The smallest absolute Gasteiger partial charge is 0.253 e. The van der Waals surface area contributed by atoms with Crippen LogP contribution < -0.4 is 10.6 Å². The van der Waals surface area contributed by atoms with E-state index in [4.69, 9.17) is 11.6 Å². The third kappa shape index (κ3) is 5.70. The molecule has 0 aromatic heterocycles. The average molecular weight is 394 g/mol. The summed E-state index contributed by atoms with van der Waals surface area (Å²) in [5.74, 6) is -0.546. The number of hydrogen-bond donors (Lipinski definition) is 2. The SMILES string of the molecule is CC[C@H](C)NC(=O)[C@H](NC(=O)c1ccccc1Cl)C1CCN(C(C)=O)CC1. The quantitative estimate of drug-likeness (QED) is 0.779. The van der Waals surface area contributed by atoms with E-state index in [2.05, 4.69) is 10.6 Å². The molecule has 1 saturated heterocycles. The second kappa shape index (κ2) is 9.74. The number of carbonyl (C=O) groups excluding carboxylic acids is 3. The zero-order valence-corrected chi connectivity index (χ0v) is 16.9. The van der Waals surface area contributed by atoms with E-state index < -0.39 is 6.04 Å². The molecule has 1 aliphatic rings. The number of nitrogens with zero attached hydrogens (tertiary/aromatic N) is 1. The molecule has 0 saturated carbocycles. The number of carbonyl (C=O) groups is 3. The summed E-state index contributed by atoms with van der Waals surface area (Å²) in [5.41, 5.74) is 0.349. The highest BCUT2D eigenvalue weighted by molar-refractivity contribution is 6.33. The monoisotopic (exact) mass is 393 g/mol. The van der Waals surface area contributed by atoms with Crippen molar-refractivity contribution in [3.05, 3.63) is 34.9 Å². The van der Waals surface area contributed by atoms with Crippen LogP contribution in [0.4, 0.5) is 0 Å². The zero-order valence-electron chi connectivity index (χ0n) is 16.1. The highest BCUT2D eigenvalue weighted by Crippen LogP contribution is 2.23. The number of amides is 3. The number of likely N-dealkylation sites (tertiary alicyclic amines) is 1.